The molecule has 8 nitrogen and oxygen atoms in total. The molecule has 1 aliphatic rings. The van der Waals surface area contributed by atoms with Crippen molar-refractivity contribution < 1.29 is 18.7 Å². The molecule has 0 radical (unpaired) electrons. The Morgan fingerprint density at radius 3 is 2.76 bits per heavy atom. The van der Waals surface area contributed by atoms with Crippen molar-refractivity contribution in [2.24, 2.45) is 0 Å². The summed E-state index contributed by atoms with van der Waals surface area (Å²) >= 11 is 0. The quantitative estimate of drug-likeness (QED) is 0.831. The molecule has 2 aromatic heterocycles. The topological polar surface area (TPSA) is 93.9 Å². The van der Waals surface area contributed by atoms with Crippen LogP contribution in [0.25, 0.3) is 0 Å². The molecule has 0 spiro atoms. The second-order valence-electron chi connectivity index (χ2n) is 5.54. The molecule has 0 atom stereocenters. The second kappa shape index (κ2) is 8.41. The van der Waals surface area contributed by atoms with Crippen LogP contribution in [0.15, 0.2) is 46.1 Å². The van der Waals surface area contributed by atoms with Crippen LogP contribution in [0.4, 0.5) is 5.69 Å². The predicted octanol–water partition coefficient (Wildman–Crippen LogP) is 0.884. The largest absolute Gasteiger partial charge is 0.477 e. The van der Waals surface area contributed by atoms with E-state index in [9.17, 15) is 9.59 Å². The molecular weight excluding hydrogens is 326 g/mol. The number of nitrogens with zero attached hydrogens (tertiary/aromatic N) is 2. The summed E-state index contributed by atoms with van der Waals surface area (Å²) in [7, 11) is 0. The third-order valence-electron chi connectivity index (χ3n) is 3.66. The van der Waals surface area contributed by atoms with Gasteiger partial charge in [-0.1, -0.05) is 0 Å². The molecular formula is C17H19N3O5. The fourth-order valence-electron chi connectivity index (χ4n) is 2.38. The van der Waals surface area contributed by atoms with E-state index in [1.165, 1.54) is 12.3 Å². The number of hydrogen-bond acceptors (Lipinski definition) is 7. The van der Waals surface area contributed by atoms with Gasteiger partial charge >= 0.3 is 0 Å². The third kappa shape index (κ3) is 5.13. The lowest BCUT2D eigenvalue weighted by Gasteiger charge is -2.25. The van der Waals surface area contributed by atoms with Crippen molar-refractivity contribution in [1.29, 1.82) is 0 Å². The standard InChI is InChI=1S/C17H19N3O5/c21-15-9-14(10-20-5-7-23-8-6-20)24-11-16(15)25-12-17(22)19-13-1-3-18-4-2-13/h1-4,9,11H,5-8,10,12H2,(H,18,19,22). The molecule has 0 saturated carbocycles. The van der Waals surface area contributed by atoms with Gasteiger partial charge in [0.1, 0.15) is 12.0 Å². The first-order chi connectivity index (χ1) is 12.2. The number of aromatic nitrogens is 1. The van der Waals surface area contributed by atoms with E-state index in [0.717, 1.165) is 13.1 Å². The summed E-state index contributed by atoms with van der Waals surface area (Å²) in [4.78, 5) is 29.9. The van der Waals surface area contributed by atoms with Gasteiger partial charge in [-0.05, 0) is 12.1 Å². The smallest absolute Gasteiger partial charge is 0.262 e. The van der Waals surface area contributed by atoms with E-state index in [-0.39, 0.29) is 23.7 Å². The Morgan fingerprint density at radius 1 is 1.28 bits per heavy atom. The number of ether oxygens (including phenoxy) is 2. The first-order valence-corrected chi connectivity index (χ1v) is 7.95. The average Bonchev–Trinajstić information content (AvgIpc) is 2.63. The van der Waals surface area contributed by atoms with Crippen LogP contribution in [0.1, 0.15) is 5.76 Å². The van der Waals surface area contributed by atoms with Crippen LogP contribution in [0, 0.1) is 0 Å². The van der Waals surface area contributed by atoms with E-state index in [4.69, 9.17) is 13.9 Å². The minimum atomic E-state index is -0.372. The Morgan fingerprint density at radius 2 is 2.04 bits per heavy atom. The molecule has 1 N–H and O–H groups in total. The number of morpholine rings is 1. The number of carbonyl (C=O) groups excluding carboxylic acids is 1. The summed E-state index contributed by atoms with van der Waals surface area (Å²) in [6.07, 6.45) is 4.38. The Bertz CT molecular complexity index is 756. The van der Waals surface area contributed by atoms with Crippen molar-refractivity contribution in [2.45, 2.75) is 6.54 Å². The van der Waals surface area contributed by atoms with E-state index in [1.807, 2.05) is 0 Å². The summed E-state index contributed by atoms with van der Waals surface area (Å²) in [5.41, 5.74) is 0.294. The van der Waals surface area contributed by atoms with Gasteiger partial charge in [-0.25, -0.2) is 0 Å². The number of amides is 1. The zero-order valence-electron chi connectivity index (χ0n) is 13.6. The lowest BCUT2D eigenvalue weighted by molar-refractivity contribution is -0.118. The van der Waals surface area contributed by atoms with Crippen molar-refractivity contribution in [3.63, 3.8) is 0 Å². The summed E-state index contributed by atoms with van der Waals surface area (Å²) in [6.45, 7) is 3.22. The Labute approximate surface area is 144 Å². The van der Waals surface area contributed by atoms with Crippen LogP contribution < -0.4 is 15.5 Å². The summed E-state index contributed by atoms with van der Waals surface area (Å²) in [5, 5.41) is 2.64. The van der Waals surface area contributed by atoms with Crippen molar-refractivity contribution >= 4 is 11.6 Å². The maximum atomic E-state index is 12.1. The highest BCUT2D eigenvalue weighted by Gasteiger charge is 2.14. The van der Waals surface area contributed by atoms with E-state index in [2.05, 4.69) is 15.2 Å². The molecule has 3 heterocycles. The molecule has 2 aromatic rings. The van der Waals surface area contributed by atoms with E-state index in [1.54, 1.807) is 24.5 Å². The third-order valence-corrected chi connectivity index (χ3v) is 3.66. The zero-order valence-corrected chi connectivity index (χ0v) is 13.6. The molecule has 0 unspecified atom stereocenters. The van der Waals surface area contributed by atoms with Crippen molar-refractivity contribution in [3.05, 3.63) is 52.8 Å². The lowest BCUT2D eigenvalue weighted by atomic mass is 10.3. The maximum Gasteiger partial charge on any atom is 0.262 e. The van der Waals surface area contributed by atoms with Crippen molar-refractivity contribution in [3.8, 4) is 5.75 Å². The number of anilines is 1. The lowest BCUT2D eigenvalue weighted by Crippen LogP contribution is -2.35. The first-order valence-electron chi connectivity index (χ1n) is 7.95. The molecule has 0 bridgehead atoms. The molecule has 0 aliphatic carbocycles. The monoisotopic (exact) mass is 345 g/mol. The Hall–Kier alpha value is -2.71. The molecule has 1 saturated heterocycles. The minimum Gasteiger partial charge on any atom is -0.477 e. The van der Waals surface area contributed by atoms with Gasteiger partial charge in [0.2, 0.25) is 11.2 Å². The van der Waals surface area contributed by atoms with Gasteiger partial charge in [0.25, 0.3) is 5.91 Å². The SMILES string of the molecule is O=C(COc1coc(CN2CCOCC2)cc1=O)Nc1ccncc1. The van der Waals surface area contributed by atoms with Crippen LogP contribution in [-0.2, 0) is 16.1 Å². The highest BCUT2D eigenvalue weighted by molar-refractivity contribution is 5.91. The Kier molecular flexibility index (Phi) is 5.76. The van der Waals surface area contributed by atoms with Crippen molar-refractivity contribution in [1.82, 2.24) is 9.88 Å². The predicted molar refractivity (Wildman–Crippen MR) is 89.4 cm³/mol. The van der Waals surface area contributed by atoms with Gasteiger partial charge in [-0.2, -0.15) is 0 Å². The number of hydrogen-bond donors (Lipinski definition) is 1. The van der Waals surface area contributed by atoms with E-state index >= 15 is 0 Å². The molecule has 3 rings (SSSR count). The van der Waals surface area contributed by atoms with E-state index < -0.39 is 0 Å². The number of nitrogens with one attached hydrogen (secondary N) is 1. The fourth-order valence-corrected chi connectivity index (χ4v) is 2.38. The van der Waals surface area contributed by atoms with E-state index in [0.29, 0.717) is 31.2 Å². The van der Waals surface area contributed by atoms with Gasteiger partial charge < -0.3 is 19.2 Å². The van der Waals surface area contributed by atoms with Crippen LogP contribution in [0.2, 0.25) is 0 Å². The van der Waals surface area contributed by atoms with Gasteiger partial charge in [0.05, 0.1) is 19.8 Å². The van der Waals surface area contributed by atoms with Crippen LogP contribution in [0.5, 0.6) is 5.75 Å². The van der Waals surface area contributed by atoms with Crippen LogP contribution >= 0.6 is 0 Å². The molecule has 25 heavy (non-hydrogen) atoms. The van der Waals surface area contributed by atoms with Gasteiger partial charge in [-0.3, -0.25) is 19.5 Å². The number of rotatable bonds is 6. The summed E-state index contributed by atoms with van der Waals surface area (Å²) < 4.78 is 16.0. The molecule has 1 aliphatic heterocycles. The fraction of sp³-hybridized carbons (Fsp3) is 0.353. The second-order valence-corrected chi connectivity index (χ2v) is 5.54. The van der Waals surface area contributed by atoms with Gasteiger partial charge in [0, 0.05) is 37.2 Å². The number of pyridine rings is 1. The number of carbonyl (C=O) groups is 1. The molecule has 132 valence electrons. The van der Waals surface area contributed by atoms with Gasteiger partial charge in [0.15, 0.2) is 6.61 Å². The minimum absolute atomic E-state index is 0.00982. The normalized spacial score (nSPS) is 14.9. The Balaban J connectivity index is 1.52. The molecule has 8 heteroatoms. The molecule has 1 amide bonds. The summed E-state index contributed by atoms with van der Waals surface area (Å²) in [5.74, 6) is 0.194. The highest BCUT2D eigenvalue weighted by Crippen LogP contribution is 2.10. The highest BCUT2D eigenvalue weighted by atomic mass is 16.5. The van der Waals surface area contributed by atoms with Crippen LogP contribution in [0.3, 0.4) is 0 Å². The van der Waals surface area contributed by atoms with Crippen molar-refractivity contribution in [2.75, 3.05) is 38.2 Å². The maximum absolute atomic E-state index is 12.1. The molecule has 0 aromatic carbocycles. The molecule has 1 fully saturated rings. The van der Waals surface area contributed by atoms with Gasteiger partial charge in [-0.15, -0.1) is 0 Å². The summed E-state index contributed by atoms with van der Waals surface area (Å²) in [6, 6.07) is 4.71. The first kappa shape index (κ1) is 17.1. The zero-order chi connectivity index (χ0) is 17.5. The van der Waals surface area contributed by atoms with Crippen LogP contribution in [-0.4, -0.2) is 48.7 Å². The average molecular weight is 345 g/mol.